The molecule has 0 bridgehead atoms. The van der Waals surface area contributed by atoms with E-state index in [0.717, 1.165) is 17.7 Å². The minimum absolute atomic E-state index is 0.409. The number of benzene rings is 2. The Hall–Kier alpha value is -3.16. The summed E-state index contributed by atoms with van der Waals surface area (Å²) in [5.41, 5.74) is 0.902. The van der Waals surface area contributed by atoms with Gasteiger partial charge in [-0.15, -0.1) is 5.10 Å². The van der Waals surface area contributed by atoms with E-state index in [1.54, 1.807) is 0 Å². The second kappa shape index (κ2) is 8.03. The van der Waals surface area contributed by atoms with Gasteiger partial charge in [0, 0.05) is 18.8 Å². The zero-order valence-corrected chi connectivity index (χ0v) is 14.6. The molecular weight excluding hydrogens is 355 g/mol. The van der Waals surface area contributed by atoms with Crippen LogP contribution in [0, 0.1) is 0 Å². The molecule has 0 unspecified atom stereocenters. The van der Waals surface area contributed by atoms with Crippen LogP contribution in [0.2, 0.25) is 0 Å². The van der Waals surface area contributed by atoms with E-state index >= 15 is 0 Å². The van der Waals surface area contributed by atoms with Crippen LogP contribution in [0.25, 0.3) is 0 Å². The summed E-state index contributed by atoms with van der Waals surface area (Å²) >= 11 is 0. The van der Waals surface area contributed by atoms with Gasteiger partial charge in [-0.3, -0.25) is 0 Å². The van der Waals surface area contributed by atoms with E-state index in [9.17, 15) is 13.2 Å². The molecule has 1 N–H and O–H groups in total. The summed E-state index contributed by atoms with van der Waals surface area (Å²) in [5.74, 6) is 0.851. The smallest absolute Gasteiger partial charge is 0.339 e. The largest absolute Gasteiger partial charge is 0.416 e. The third kappa shape index (κ3) is 4.93. The summed E-state index contributed by atoms with van der Waals surface area (Å²) < 4.78 is 37.9. The van der Waals surface area contributed by atoms with Crippen LogP contribution in [0.3, 0.4) is 0 Å². The van der Waals surface area contributed by atoms with Gasteiger partial charge >= 0.3 is 6.18 Å². The molecule has 0 aliphatic rings. The molecule has 140 valence electrons. The molecule has 0 fully saturated rings. The van der Waals surface area contributed by atoms with Crippen molar-refractivity contribution in [2.24, 2.45) is 0 Å². The highest BCUT2D eigenvalue weighted by atomic mass is 19.4. The Morgan fingerprint density at radius 1 is 1.00 bits per heavy atom. The van der Waals surface area contributed by atoms with Gasteiger partial charge in [-0.1, -0.05) is 30.3 Å². The lowest BCUT2D eigenvalue weighted by molar-refractivity contribution is -0.137. The van der Waals surface area contributed by atoms with Crippen molar-refractivity contribution in [2.75, 3.05) is 16.8 Å². The Labute approximate surface area is 154 Å². The average molecular weight is 373 g/mol. The van der Waals surface area contributed by atoms with Crippen LogP contribution in [-0.4, -0.2) is 21.7 Å². The van der Waals surface area contributed by atoms with Gasteiger partial charge in [0.1, 0.15) is 0 Å². The molecule has 3 rings (SSSR count). The van der Waals surface area contributed by atoms with Crippen LogP contribution in [0.15, 0.2) is 60.8 Å². The highest BCUT2D eigenvalue weighted by molar-refractivity contribution is 5.56. The van der Waals surface area contributed by atoms with Crippen LogP contribution in [-0.2, 0) is 12.7 Å². The number of hydrogen-bond donors (Lipinski definition) is 1. The van der Waals surface area contributed by atoms with Gasteiger partial charge in [-0.25, -0.2) is 0 Å². The molecule has 27 heavy (non-hydrogen) atoms. The number of rotatable bonds is 6. The fraction of sp³-hybridized carbons (Fsp3) is 0.211. The maximum Gasteiger partial charge on any atom is 0.416 e. The predicted octanol–water partition coefficient (Wildman–Crippen LogP) is 4.66. The van der Waals surface area contributed by atoms with Crippen molar-refractivity contribution in [1.29, 1.82) is 0 Å². The van der Waals surface area contributed by atoms with E-state index in [0.29, 0.717) is 30.5 Å². The Balaban J connectivity index is 1.74. The fourth-order valence-electron chi connectivity index (χ4n) is 2.51. The molecule has 5 nitrogen and oxygen atoms in total. The molecule has 0 saturated carbocycles. The summed E-state index contributed by atoms with van der Waals surface area (Å²) in [7, 11) is 0. The molecule has 2 aromatic carbocycles. The summed E-state index contributed by atoms with van der Waals surface area (Å²) in [4.78, 5) is 6.38. The Morgan fingerprint density at radius 2 is 1.70 bits per heavy atom. The lowest BCUT2D eigenvalue weighted by Crippen LogP contribution is -2.24. The number of alkyl halides is 3. The number of nitrogens with one attached hydrogen (secondary N) is 1. The van der Waals surface area contributed by atoms with Gasteiger partial charge in [0.15, 0.2) is 5.82 Å². The maximum atomic E-state index is 12.6. The van der Waals surface area contributed by atoms with Crippen LogP contribution in [0.4, 0.5) is 30.6 Å². The number of halogens is 3. The van der Waals surface area contributed by atoms with E-state index in [2.05, 4.69) is 20.5 Å². The second-order valence-electron chi connectivity index (χ2n) is 5.84. The molecule has 0 saturated heterocycles. The van der Waals surface area contributed by atoms with Crippen molar-refractivity contribution in [3.8, 4) is 0 Å². The lowest BCUT2D eigenvalue weighted by Gasteiger charge is -2.20. The van der Waals surface area contributed by atoms with Gasteiger partial charge in [-0.05, 0) is 36.8 Å². The summed E-state index contributed by atoms with van der Waals surface area (Å²) in [6.07, 6.45) is -2.93. The first-order valence-corrected chi connectivity index (χ1v) is 8.38. The van der Waals surface area contributed by atoms with Crippen molar-refractivity contribution in [1.82, 2.24) is 15.2 Å². The number of nitrogens with zero attached hydrogens (tertiary/aromatic N) is 4. The number of hydrogen-bond acceptors (Lipinski definition) is 5. The highest BCUT2D eigenvalue weighted by Crippen LogP contribution is 2.30. The topological polar surface area (TPSA) is 53.9 Å². The molecule has 1 heterocycles. The quantitative estimate of drug-likeness (QED) is 0.681. The molecule has 3 aromatic rings. The first-order valence-electron chi connectivity index (χ1n) is 8.38. The van der Waals surface area contributed by atoms with Crippen LogP contribution < -0.4 is 10.2 Å². The Bertz CT molecular complexity index is 867. The fourth-order valence-corrected chi connectivity index (χ4v) is 2.51. The first kappa shape index (κ1) is 18.6. The van der Waals surface area contributed by atoms with E-state index < -0.39 is 11.7 Å². The van der Waals surface area contributed by atoms with Crippen LogP contribution >= 0.6 is 0 Å². The SMILES string of the molecule is CCN(Cc1ccccc1)c1nncc(Nc2ccc(C(F)(F)F)cc2)n1. The minimum atomic E-state index is -4.36. The Morgan fingerprint density at radius 3 is 2.33 bits per heavy atom. The third-order valence-electron chi connectivity index (χ3n) is 3.91. The van der Waals surface area contributed by atoms with Crippen LogP contribution in [0.5, 0.6) is 0 Å². The first-order chi connectivity index (χ1) is 13.0. The second-order valence-corrected chi connectivity index (χ2v) is 5.84. The van der Waals surface area contributed by atoms with Crippen molar-refractivity contribution < 1.29 is 13.2 Å². The molecule has 0 spiro atoms. The molecule has 0 aliphatic heterocycles. The van der Waals surface area contributed by atoms with Gasteiger partial charge in [0.25, 0.3) is 0 Å². The van der Waals surface area contributed by atoms with Gasteiger partial charge < -0.3 is 10.2 Å². The zero-order valence-electron chi connectivity index (χ0n) is 14.6. The highest BCUT2D eigenvalue weighted by Gasteiger charge is 2.29. The molecule has 0 radical (unpaired) electrons. The Kier molecular flexibility index (Phi) is 5.54. The number of anilines is 3. The molecule has 0 amide bonds. The zero-order chi connectivity index (χ0) is 19.3. The van der Waals surface area contributed by atoms with Crippen molar-refractivity contribution in [2.45, 2.75) is 19.6 Å². The normalized spacial score (nSPS) is 11.3. The molecule has 8 heteroatoms. The summed E-state index contributed by atoms with van der Waals surface area (Å²) in [6, 6.07) is 14.7. The molecule has 0 aliphatic carbocycles. The van der Waals surface area contributed by atoms with Gasteiger partial charge in [0.2, 0.25) is 5.95 Å². The van der Waals surface area contributed by atoms with Crippen molar-refractivity contribution in [3.63, 3.8) is 0 Å². The maximum absolute atomic E-state index is 12.6. The van der Waals surface area contributed by atoms with E-state index in [-0.39, 0.29) is 0 Å². The van der Waals surface area contributed by atoms with E-state index in [4.69, 9.17) is 0 Å². The van der Waals surface area contributed by atoms with Crippen LogP contribution in [0.1, 0.15) is 18.1 Å². The summed E-state index contributed by atoms with van der Waals surface area (Å²) in [6.45, 7) is 3.30. The predicted molar refractivity (Wildman–Crippen MR) is 97.7 cm³/mol. The summed E-state index contributed by atoms with van der Waals surface area (Å²) in [5, 5.41) is 11.0. The number of aromatic nitrogens is 3. The lowest BCUT2D eigenvalue weighted by atomic mass is 10.2. The van der Waals surface area contributed by atoms with E-state index in [1.165, 1.54) is 18.3 Å². The third-order valence-corrected chi connectivity index (χ3v) is 3.91. The van der Waals surface area contributed by atoms with E-state index in [1.807, 2.05) is 42.2 Å². The van der Waals surface area contributed by atoms with Gasteiger partial charge in [0.05, 0.1) is 11.8 Å². The molecule has 0 atom stereocenters. The van der Waals surface area contributed by atoms with Crippen molar-refractivity contribution in [3.05, 3.63) is 71.9 Å². The minimum Gasteiger partial charge on any atom is -0.339 e. The molecular formula is C19H18F3N5. The standard InChI is InChI=1S/C19H18F3N5/c1-2-27(13-14-6-4-3-5-7-14)18-25-17(12-23-26-18)24-16-10-8-15(9-11-16)19(20,21)22/h3-12H,2,13H2,1H3,(H,24,25,26). The molecule has 1 aromatic heterocycles. The average Bonchev–Trinajstić information content (AvgIpc) is 2.67. The monoisotopic (exact) mass is 373 g/mol. The van der Waals surface area contributed by atoms with Crippen molar-refractivity contribution >= 4 is 17.5 Å². The van der Waals surface area contributed by atoms with Gasteiger partial charge in [-0.2, -0.15) is 23.3 Å².